The summed E-state index contributed by atoms with van der Waals surface area (Å²) in [4.78, 5) is 110. The molecular weight excluding hydrogens is 1550 g/mol. The molecule has 14 nitrogen and oxygen atoms in total. The molecule has 0 atom stereocenters. The monoisotopic (exact) mass is 1580 g/mol. The van der Waals surface area contributed by atoms with Crippen LogP contribution in [0.15, 0.2) is 524 Å². The van der Waals surface area contributed by atoms with E-state index < -0.39 is 64.3 Å². The molecule has 4 aliphatic heterocycles. The van der Waals surface area contributed by atoms with E-state index in [4.69, 9.17) is 9.47 Å². The third-order valence-corrected chi connectivity index (χ3v) is 14.2. The number of imide groups is 4. The zero-order chi connectivity index (χ0) is 88.6. The fraction of sp³-hybridized carbons (Fsp3) is 0.0270. The van der Waals surface area contributed by atoms with E-state index in [9.17, 15) is 38.4 Å². The first kappa shape index (κ1) is 87.6. The minimum atomic E-state index is -0.895. The molecule has 4 heterocycles. The highest BCUT2D eigenvalue weighted by Gasteiger charge is 2.45. The third kappa shape index (κ3) is 28.3. The maximum absolute atomic E-state index is 14.1. The number of benzene rings is 4. The first-order valence-electron chi connectivity index (χ1n) is 34.3. The maximum Gasteiger partial charge on any atom is 0.267 e. The van der Waals surface area contributed by atoms with Gasteiger partial charge in [0.15, 0.2) is 11.6 Å². The lowest BCUT2D eigenvalue weighted by Crippen LogP contribution is -2.41. The summed E-state index contributed by atoms with van der Waals surface area (Å²) >= 11 is 0. The molecule has 552 valence electrons. The third-order valence-electron chi connectivity index (χ3n) is 14.2. The van der Waals surface area contributed by atoms with E-state index in [0.29, 0.717) is 31.1 Å². The molecular formula is C111H28N4O10. The van der Waals surface area contributed by atoms with Crippen molar-refractivity contribution in [3.8, 4) is 23.0 Å². The first-order chi connectivity index (χ1) is 61.2. The van der Waals surface area contributed by atoms with Crippen molar-refractivity contribution < 1.29 is 47.8 Å². The number of nitrogens with zero attached hydrogens (tertiary/aromatic N) is 4. The molecule has 4 aromatic rings. The van der Waals surface area contributed by atoms with Crippen molar-refractivity contribution in [1.29, 1.82) is 0 Å². The topological polar surface area (TPSA) is 168 Å². The molecule has 4 aliphatic rings. The van der Waals surface area contributed by atoms with Gasteiger partial charge in [0.1, 0.15) is 23.0 Å². The Morgan fingerprint density at radius 1 is 0.224 bits per heavy atom. The van der Waals surface area contributed by atoms with Gasteiger partial charge in [-0.1, -0.05) is 49.6 Å². The van der Waals surface area contributed by atoms with E-state index in [1.807, 2.05) is 38.1 Å². The molecule has 0 unspecified atom stereocenters. The number of carbonyl (C=O) groups excluding carboxylic acids is 8. The Hall–Kier alpha value is -23.0. The summed E-state index contributed by atoms with van der Waals surface area (Å²) in [6.07, 6.45) is 3.86. The zero-order valence-electron chi connectivity index (χ0n) is 64.2. The lowest BCUT2D eigenvalue weighted by molar-refractivity contribution is -0.137. The van der Waals surface area contributed by atoms with Gasteiger partial charge in [-0.15, -0.1) is 0 Å². The number of carbonyl (C=O) groups is 8. The van der Waals surface area contributed by atoms with Crippen LogP contribution in [-0.4, -0.2) is 66.9 Å². The summed E-state index contributed by atoms with van der Waals surface area (Å²) in [5.41, 5.74) is 169. The average Bonchev–Trinajstić information content (AvgIpc) is 1.59. The SMILES string of the molecule is C=C=C=C=C=C=C=C=C=C=C=C=C=C=C=C=C=C=C=C=C=C=C=C=C=C=C=C=C=C=C=C=C=C=C=C(N1C(=O)C=CC1=O)N1C(=O)c2ccc(Oc3ccc(C(C)(C)c4ccc(Oc5ccc6c(c5)C(=O)N(C(=C=C=C=C=C=C=C=C=C=C=C=C=C=C=C=C=C=C=C=C=C=C=C=C=C=C=C=C=C=C=C=C=C=C=C)N5C(=O)C=CC5=O)C6=O)cc4)cc3)cc2C1=O. The molecule has 4 aromatic carbocycles. The van der Waals surface area contributed by atoms with Crippen LogP contribution >= 0.6 is 0 Å². The van der Waals surface area contributed by atoms with Crippen molar-refractivity contribution in [1.82, 2.24) is 19.6 Å². The molecule has 125 heavy (non-hydrogen) atoms. The second-order valence-electron chi connectivity index (χ2n) is 22.1. The molecule has 0 radical (unpaired) electrons. The van der Waals surface area contributed by atoms with Crippen LogP contribution in [0.25, 0.3) is 0 Å². The van der Waals surface area contributed by atoms with Gasteiger partial charge in [0.25, 0.3) is 47.3 Å². The van der Waals surface area contributed by atoms with Gasteiger partial charge in [-0.25, -0.2) is 19.6 Å². The summed E-state index contributed by atoms with van der Waals surface area (Å²) in [5.74, 6) is -6.94. The number of rotatable bonds is 10. The zero-order valence-corrected chi connectivity index (χ0v) is 64.2. The second kappa shape index (κ2) is 49.4. The Labute approximate surface area is 709 Å². The quantitative estimate of drug-likeness (QED) is 0.110. The summed E-state index contributed by atoms with van der Waals surface area (Å²) in [6, 6.07) is 22.7. The summed E-state index contributed by atoms with van der Waals surface area (Å²) in [5, 5.41) is 0. The fourth-order valence-electron chi connectivity index (χ4n) is 9.05. The Morgan fingerprint density at radius 2 is 0.400 bits per heavy atom. The molecule has 0 aromatic heterocycles. The van der Waals surface area contributed by atoms with Gasteiger partial charge in [-0.3, -0.25) is 38.4 Å². The van der Waals surface area contributed by atoms with E-state index >= 15 is 0 Å². The van der Waals surface area contributed by atoms with Crippen LogP contribution < -0.4 is 9.47 Å². The van der Waals surface area contributed by atoms with Gasteiger partial charge in [-0.05, 0) is 280 Å². The normalized spacial score (nSPS) is 9.49. The van der Waals surface area contributed by atoms with Crippen molar-refractivity contribution in [3.63, 3.8) is 0 Å². The van der Waals surface area contributed by atoms with Gasteiger partial charge in [-0.2, -0.15) is 0 Å². The van der Waals surface area contributed by atoms with Crippen molar-refractivity contribution in [2.24, 2.45) is 0 Å². The van der Waals surface area contributed by atoms with E-state index in [1.165, 1.54) is 36.4 Å². The lowest BCUT2D eigenvalue weighted by atomic mass is 9.78. The Bertz CT molecular complexity index is 8270. The van der Waals surface area contributed by atoms with E-state index in [1.54, 1.807) is 24.3 Å². The molecule has 0 N–H and O–H groups in total. The number of amides is 8. The van der Waals surface area contributed by atoms with Crippen LogP contribution in [0.2, 0.25) is 0 Å². The highest BCUT2D eigenvalue weighted by atomic mass is 16.5. The molecule has 8 amide bonds. The van der Waals surface area contributed by atoms with Crippen molar-refractivity contribution in [2.75, 3.05) is 0 Å². The molecule has 0 fully saturated rings. The van der Waals surface area contributed by atoms with Gasteiger partial charge in [0.05, 0.1) is 22.3 Å². The van der Waals surface area contributed by atoms with E-state index in [0.717, 1.165) is 35.4 Å². The number of ether oxygens (including phenoxy) is 2. The van der Waals surface area contributed by atoms with Gasteiger partial charge in [0, 0.05) is 213 Å². The second-order valence-corrected chi connectivity index (χ2v) is 22.1. The highest BCUT2D eigenvalue weighted by Crippen LogP contribution is 2.38. The molecule has 0 saturated heterocycles. The first-order valence-corrected chi connectivity index (χ1v) is 34.3. The van der Waals surface area contributed by atoms with E-state index in [2.05, 4.69) is 403 Å². The number of hydrogen-bond donors (Lipinski definition) is 0. The molecule has 14 heteroatoms. The predicted octanol–water partition coefficient (Wildman–Crippen LogP) is 16.1. The highest BCUT2D eigenvalue weighted by molar-refractivity contribution is 6.25. The number of fused-ring (bicyclic) bond motifs is 2. The predicted molar refractivity (Wildman–Crippen MR) is 438 cm³/mol. The summed E-state index contributed by atoms with van der Waals surface area (Å²) in [7, 11) is 0. The summed E-state index contributed by atoms with van der Waals surface area (Å²) < 4.78 is 12.3. The van der Waals surface area contributed by atoms with Crippen LogP contribution in [-0.2, 0) is 24.6 Å². The summed E-state index contributed by atoms with van der Waals surface area (Å²) in [6.45, 7) is 10.6. The molecule has 0 aliphatic carbocycles. The minimum Gasteiger partial charge on any atom is -0.457 e. The minimum absolute atomic E-state index is 0.0515. The maximum atomic E-state index is 14.1. The largest absolute Gasteiger partial charge is 0.457 e. The van der Waals surface area contributed by atoms with Gasteiger partial charge in [0.2, 0.25) is 0 Å². The average molecular weight is 1580 g/mol. The van der Waals surface area contributed by atoms with Crippen molar-refractivity contribution in [3.05, 3.63) is 557 Å². The van der Waals surface area contributed by atoms with E-state index in [-0.39, 0.29) is 33.8 Å². The van der Waals surface area contributed by atoms with Crippen LogP contribution in [0.3, 0.4) is 0 Å². The van der Waals surface area contributed by atoms with Crippen LogP contribution in [0.5, 0.6) is 23.0 Å². The standard InChI is InChI=1S/C111H28N4O10/c1-5-7-9-11-13-15-17-19-21-23-25-27-29-31-33-35-37-39-41-43-45-47-49-51-53-55-57-59-61-63-65-67-69-71-101(112-103(116)85-86-104(112)117)114-107(120)97-83-81-95(89-99(97)109(114)122)124-93-77-73-91(74-78-93)111(3,4)92-75-79-94(80-76-92)125-96-82-84-98-100(90-96)110(123)115(108(98)121)102(113-105(118)87-88-106(113)119)72-70-68-66-64-62-60-58-56-54-52-50-48-46-44-42-40-38-36-34-32-30-28-26-24-22-20-18-16-14-12-10-8-6-2/h73-90H,1-2H2,3-4H3. The van der Waals surface area contributed by atoms with Gasteiger partial charge < -0.3 is 9.47 Å². The van der Waals surface area contributed by atoms with Crippen molar-refractivity contribution in [2.45, 2.75) is 19.3 Å². The fourth-order valence-corrected chi connectivity index (χ4v) is 9.05. The lowest BCUT2D eigenvalue weighted by Gasteiger charge is -2.26. The number of hydrogen-bond acceptors (Lipinski definition) is 10. The van der Waals surface area contributed by atoms with Crippen molar-refractivity contribution >= 4 is 47.3 Å². The van der Waals surface area contributed by atoms with Crippen LogP contribution in [0.1, 0.15) is 66.4 Å². The van der Waals surface area contributed by atoms with Crippen LogP contribution in [0.4, 0.5) is 0 Å². The molecule has 8 rings (SSSR count). The Balaban J connectivity index is 0.927. The Morgan fingerprint density at radius 3 is 0.600 bits per heavy atom. The molecule has 0 bridgehead atoms. The van der Waals surface area contributed by atoms with Crippen LogP contribution in [0, 0.1) is 0 Å². The smallest absolute Gasteiger partial charge is 0.267 e. The molecule has 0 spiro atoms. The molecule has 0 saturated carbocycles. The van der Waals surface area contributed by atoms with Gasteiger partial charge >= 0.3 is 0 Å². The Kier molecular flexibility index (Phi) is 34.6.